The van der Waals surface area contributed by atoms with E-state index in [-0.39, 0.29) is 41.6 Å². The summed E-state index contributed by atoms with van der Waals surface area (Å²) in [5, 5.41) is 11.2. The van der Waals surface area contributed by atoms with Crippen LogP contribution in [0.1, 0.15) is 65.9 Å². The number of nitrogens with zero attached hydrogens (tertiary/aromatic N) is 2. The van der Waals surface area contributed by atoms with Crippen molar-refractivity contribution in [1.82, 2.24) is 9.80 Å². The Labute approximate surface area is 197 Å². The lowest BCUT2D eigenvalue weighted by Gasteiger charge is -2.48. The third kappa shape index (κ3) is 5.13. The van der Waals surface area contributed by atoms with Crippen LogP contribution >= 0.6 is 12.4 Å². The highest BCUT2D eigenvalue weighted by molar-refractivity contribution is 5.85. The van der Waals surface area contributed by atoms with Crippen LogP contribution < -0.4 is 0 Å². The van der Waals surface area contributed by atoms with E-state index in [0.29, 0.717) is 31.7 Å². The maximum Gasteiger partial charge on any atom is 0.227 e. The number of aliphatic hydroxyl groups is 1. The molecule has 0 bridgehead atoms. The van der Waals surface area contributed by atoms with Gasteiger partial charge in [-0.1, -0.05) is 33.3 Å². The molecular weight excluding hydrogens is 434 g/mol. The summed E-state index contributed by atoms with van der Waals surface area (Å²) in [5.74, 6) is -1.95. The highest BCUT2D eigenvalue weighted by Crippen LogP contribution is 2.41. The standard InChI is InChI=1S/C25H38F2N2O2.ClH/c1-7-10-25(31)16(2)12-28(13-17(25)3)23(30)21-15-29(24(4,5)6)14-20(21)19-9-8-18(26)11-22(19)27;/h8-9,11,16-17,20-21,31H,7,10,12-15H2,1-6H3;1H. The van der Waals surface area contributed by atoms with Crippen molar-refractivity contribution in [2.75, 3.05) is 26.2 Å². The second-order valence-corrected chi connectivity index (χ2v) is 10.7. The van der Waals surface area contributed by atoms with Crippen LogP contribution in [0.4, 0.5) is 8.78 Å². The fraction of sp³-hybridized carbons (Fsp3) is 0.720. The van der Waals surface area contributed by atoms with E-state index in [2.05, 4.69) is 32.6 Å². The van der Waals surface area contributed by atoms with E-state index in [0.717, 1.165) is 18.9 Å². The predicted octanol–water partition coefficient (Wildman–Crippen LogP) is 4.85. The molecule has 2 saturated heterocycles. The van der Waals surface area contributed by atoms with Crippen molar-refractivity contribution in [3.63, 3.8) is 0 Å². The van der Waals surface area contributed by atoms with E-state index < -0.39 is 23.2 Å². The molecule has 0 saturated carbocycles. The van der Waals surface area contributed by atoms with Crippen molar-refractivity contribution in [3.8, 4) is 0 Å². The maximum absolute atomic E-state index is 14.7. The molecule has 2 heterocycles. The molecule has 3 rings (SSSR count). The topological polar surface area (TPSA) is 43.8 Å². The summed E-state index contributed by atoms with van der Waals surface area (Å²) in [4.78, 5) is 17.8. The molecule has 4 nitrogen and oxygen atoms in total. The molecule has 2 aliphatic rings. The van der Waals surface area contributed by atoms with Gasteiger partial charge in [0.05, 0.1) is 11.5 Å². The van der Waals surface area contributed by atoms with Crippen molar-refractivity contribution in [2.24, 2.45) is 17.8 Å². The first kappa shape index (κ1) is 27.0. The number of amides is 1. The zero-order valence-corrected chi connectivity index (χ0v) is 21.0. The SMILES string of the molecule is CCCC1(O)C(C)CN(C(=O)C2CN(C(C)(C)C)CC2c2ccc(F)cc2F)CC1C.Cl. The summed E-state index contributed by atoms with van der Waals surface area (Å²) in [5.41, 5.74) is -0.513. The van der Waals surface area contributed by atoms with Gasteiger partial charge in [-0.15, -0.1) is 12.4 Å². The lowest BCUT2D eigenvalue weighted by atomic mass is 9.72. The van der Waals surface area contributed by atoms with Gasteiger partial charge in [0.2, 0.25) is 5.91 Å². The molecule has 1 aromatic carbocycles. The van der Waals surface area contributed by atoms with Crippen LogP contribution in [-0.4, -0.2) is 58.1 Å². The van der Waals surface area contributed by atoms with Crippen molar-refractivity contribution in [3.05, 3.63) is 35.4 Å². The second kappa shape index (κ2) is 9.94. The number of hydrogen-bond donors (Lipinski definition) is 1. The van der Waals surface area contributed by atoms with Gasteiger partial charge in [0.1, 0.15) is 11.6 Å². The second-order valence-electron chi connectivity index (χ2n) is 10.7. The van der Waals surface area contributed by atoms with Gasteiger partial charge in [-0.2, -0.15) is 0 Å². The first-order valence-corrected chi connectivity index (χ1v) is 11.6. The number of benzene rings is 1. The van der Waals surface area contributed by atoms with Gasteiger partial charge in [0, 0.05) is 55.5 Å². The molecule has 0 aliphatic carbocycles. The molecule has 32 heavy (non-hydrogen) atoms. The van der Waals surface area contributed by atoms with Crippen LogP contribution in [-0.2, 0) is 4.79 Å². The minimum absolute atomic E-state index is 0. The molecule has 1 amide bonds. The predicted molar refractivity (Wildman–Crippen MR) is 126 cm³/mol. The zero-order chi connectivity index (χ0) is 23.1. The average molecular weight is 473 g/mol. The molecule has 0 radical (unpaired) electrons. The highest BCUT2D eigenvalue weighted by Gasteiger charge is 2.49. The van der Waals surface area contributed by atoms with Crippen molar-refractivity contribution >= 4 is 18.3 Å². The van der Waals surface area contributed by atoms with Crippen molar-refractivity contribution < 1.29 is 18.7 Å². The average Bonchev–Trinajstić information content (AvgIpc) is 3.11. The molecule has 182 valence electrons. The van der Waals surface area contributed by atoms with Crippen molar-refractivity contribution in [2.45, 2.75) is 71.4 Å². The van der Waals surface area contributed by atoms with Crippen molar-refractivity contribution in [1.29, 1.82) is 0 Å². The third-order valence-electron chi connectivity index (χ3n) is 7.61. The largest absolute Gasteiger partial charge is 0.389 e. The summed E-state index contributed by atoms with van der Waals surface area (Å²) in [6.45, 7) is 14.5. The fourth-order valence-corrected chi connectivity index (χ4v) is 5.56. The van der Waals surface area contributed by atoms with E-state index in [4.69, 9.17) is 0 Å². The molecule has 7 heteroatoms. The van der Waals surface area contributed by atoms with E-state index in [9.17, 15) is 18.7 Å². The molecule has 4 atom stereocenters. The van der Waals surface area contributed by atoms with Gasteiger partial charge in [-0.05, 0) is 38.8 Å². The number of hydrogen-bond acceptors (Lipinski definition) is 3. The molecule has 1 aromatic rings. The van der Waals surface area contributed by atoms with Gasteiger partial charge in [-0.25, -0.2) is 8.78 Å². The number of rotatable bonds is 4. The normalized spacial score (nSPS) is 31.5. The summed E-state index contributed by atoms with van der Waals surface area (Å²) in [6.07, 6.45) is 1.62. The van der Waals surface area contributed by atoms with Crippen LogP contribution in [0.15, 0.2) is 18.2 Å². The Morgan fingerprint density at radius 3 is 2.22 bits per heavy atom. The lowest BCUT2D eigenvalue weighted by Crippen LogP contribution is -2.58. The maximum atomic E-state index is 14.7. The monoisotopic (exact) mass is 472 g/mol. The van der Waals surface area contributed by atoms with E-state index in [1.165, 1.54) is 12.1 Å². The number of piperidine rings is 1. The number of likely N-dealkylation sites (tertiary alicyclic amines) is 2. The number of halogens is 3. The smallest absolute Gasteiger partial charge is 0.227 e. The van der Waals surface area contributed by atoms with Gasteiger partial charge in [0.25, 0.3) is 0 Å². The minimum Gasteiger partial charge on any atom is -0.389 e. The summed E-state index contributed by atoms with van der Waals surface area (Å²) < 4.78 is 28.2. The minimum atomic E-state index is -0.763. The first-order valence-electron chi connectivity index (χ1n) is 11.6. The van der Waals surface area contributed by atoms with Gasteiger partial charge < -0.3 is 10.0 Å². The molecule has 2 fully saturated rings. The Bertz CT molecular complexity index is 802. The first-order chi connectivity index (χ1) is 14.4. The van der Waals surface area contributed by atoms with E-state index >= 15 is 0 Å². The van der Waals surface area contributed by atoms with Crippen LogP contribution in [0.25, 0.3) is 0 Å². The Morgan fingerprint density at radius 1 is 1.12 bits per heavy atom. The molecule has 0 aromatic heterocycles. The number of carbonyl (C=O) groups excluding carboxylic acids is 1. The summed E-state index contributed by atoms with van der Waals surface area (Å²) in [7, 11) is 0. The third-order valence-corrected chi connectivity index (χ3v) is 7.61. The Kier molecular flexibility index (Phi) is 8.39. The highest BCUT2D eigenvalue weighted by atomic mass is 35.5. The summed E-state index contributed by atoms with van der Waals surface area (Å²) in [6, 6.07) is 3.67. The molecule has 0 spiro atoms. The summed E-state index contributed by atoms with van der Waals surface area (Å²) >= 11 is 0. The van der Waals surface area contributed by atoms with Crippen LogP contribution in [0.2, 0.25) is 0 Å². The Morgan fingerprint density at radius 2 is 1.72 bits per heavy atom. The lowest BCUT2D eigenvalue weighted by molar-refractivity contribution is -0.152. The van der Waals surface area contributed by atoms with Crippen LogP contribution in [0, 0.1) is 29.4 Å². The Hall–Kier alpha value is -1.24. The van der Waals surface area contributed by atoms with Gasteiger partial charge >= 0.3 is 0 Å². The quantitative estimate of drug-likeness (QED) is 0.681. The van der Waals surface area contributed by atoms with E-state index in [1.807, 2.05) is 18.7 Å². The Balaban J connectivity index is 0.00000363. The molecule has 4 unspecified atom stereocenters. The van der Waals surface area contributed by atoms with Crippen LogP contribution in [0.5, 0.6) is 0 Å². The van der Waals surface area contributed by atoms with Gasteiger partial charge in [-0.3, -0.25) is 9.69 Å². The molecule has 1 N–H and O–H groups in total. The van der Waals surface area contributed by atoms with E-state index in [1.54, 1.807) is 0 Å². The number of carbonyl (C=O) groups is 1. The fourth-order valence-electron chi connectivity index (χ4n) is 5.56. The van der Waals surface area contributed by atoms with Gasteiger partial charge in [0.15, 0.2) is 0 Å². The zero-order valence-electron chi connectivity index (χ0n) is 20.2. The molecular formula is C25H39ClF2N2O2. The van der Waals surface area contributed by atoms with Crippen LogP contribution in [0.3, 0.4) is 0 Å². The molecule has 2 aliphatic heterocycles.